The summed E-state index contributed by atoms with van der Waals surface area (Å²) in [4.78, 5) is 22.8. The van der Waals surface area contributed by atoms with Crippen molar-refractivity contribution in [3.05, 3.63) is 88.5 Å². The monoisotopic (exact) mass is 498 g/mol. The predicted molar refractivity (Wildman–Crippen MR) is 129 cm³/mol. The van der Waals surface area contributed by atoms with Gasteiger partial charge in [-0.3, -0.25) is 19.2 Å². The summed E-state index contributed by atoms with van der Waals surface area (Å²) in [5.74, 6) is 0.0978. The van der Waals surface area contributed by atoms with Crippen molar-refractivity contribution in [2.75, 3.05) is 25.1 Å². The number of benzene rings is 3. The van der Waals surface area contributed by atoms with E-state index >= 15 is 0 Å². The van der Waals surface area contributed by atoms with Gasteiger partial charge in [0.1, 0.15) is 6.54 Å². The van der Waals surface area contributed by atoms with E-state index in [0.717, 1.165) is 16.4 Å². The number of ether oxygens (including phenoxy) is 2. The van der Waals surface area contributed by atoms with Crippen molar-refractivity contribution in [3.8, 4) is 11.5 Å². The number of methoxy groups -OCH3 is 2. The molecule has 0 saturated heterocycles. The average molecular weight is 499 g/mol. The first-order valence-corrected chi connectivity index (χ1v) is 11.6. The third-order valence-corrected chi connectivity index (χ3v) is 6.61. The van der Waals surface area contributed by atoms with Gasteiger partial charge in [0.05, 0.1) is 31.0 Å². The summed E-state index contributed by atoms with van der Waals surface area (Å²) in [7, 11) is -1.54. The molecule has 0 saturated carbocycles. The van der Waals surface area contributed by atoms with Crippen molar-refractivity contribution in [1.82, 2.24) is 5.43 Å². The SMILES string of the molecule is COc1cccc(/C=N/NC(=O)CN(c2ccccc2)S(=O)(=O)c2ccccc2[N+](=O)[O-])c1OC. The van der Waals surface area contributed by atoms with E-state index in [1.807, 2.05) is 0 Å². The zero-order valence-electron chi connectivity index (χ0n) is 18.8. The van der Waals surface area contributed by atoms with E-state index in [9.17, 15) is 23.3 Å². The summed E-state index contributed by atoms with van der Waals surface area (Å²) in [5, 5.41) is 15.3. The minimum atomic E-state index is -4.48. The molecule has 0 spiro atoms. The maximum absolute atomic E-state index is 13.4. The fourth-order valence-corrected chi connectivity index (χ4v) is 4.79. The molecule has 0 fully saturated rings. The Morgan fingerprint density at radius 3 is 2.37 bits per heavy atom. The first kappa shape index (κ1) is 25.2. The second-order valence-electron chi connectivity index (χ2n) is 6.95. The van der Waals surface area contributed by atoms with Gasteiger partial charge in [-0.15, -0.1) is 0 Å². The third kappa shape index (κ3) is 5.73. The minimum absolute atomic E-state index is 0.152. The lowest BCUT2D eigenvalue weighted by Crippen LogP contribution is -2.39. The maximum Gasteiger partial charge on any atom is 0.289 e. The number of nitro groups is 1. The van der Waals surface area contributed by atoms with Crippen LogP contribution in [-0.4, -0.2) is 46.2 Å². The standard InChI is InChI=1S/C23H22N4O7S/c1-33-20-13-8-9-17(23(20)34-2)15-24-25-22(28)16-26(18-10-4-3-5-11-18)35(31,32)21-14-7-6-12-19(21)27(29)30/h3-15H,16H2,1-2H3,(H,25,28)/b24-15+. The van der Waals surface area contributed by atoms with Crippen LogP contribution in [0.2, 0.25) is 0 Å². The highest BCUT2D eigenvalue weighted by Gasteiger charge is 2.33. The molecule has 0 aliphatic heterocycles. The molecule has 3 aromatic rings. The van der Waals surface area contributed by atoms with Crippen LogP contribution in [0.25, 0.3) is 0 Å². The number of carbonyl (C=O) groups excluding carboxylic acids is 1. The van der Waals surface area contributed by atoms with Gasteiger partial charge in [0.15, 0.2) is 16.4 Å². The van der Waals surface area contributed by atoms with Crippen LogP contribution < -0.4 is 19.2 Å². The smallest absolute Gasteiger partial charge is 0.289 e. The highest BCUT2D eigenvalue weighted by Crippen LogP contribution is 2.30. The van der Waals surface area contributed by atoms with E-state index in [-0.39, 0.29) is 5.69 Å². The molecule has 182 valence electrons. The Hall–Kier alpha value is -4.45. The van der Waals surface area contributed by atoms with Crippen LogP contribution in [0.15, 0.2) is 82.8 Å². The zero-order chi connectivity index (χ0) is 25.4. The van der Waals surface area contributed by atoms with Crippen LogP contribution in [0.1, 0.15) is 5.56 Å². The molecule has 0 radical (unpaired) electrons. The lowest BCUT2D eigenvalue weighted by atomic mass is 10.2. The van der Waals surface area contributed by atoms with Crippen molar-refractivity contribution < 1.29 is 27.6 Å². The van der Waals surface area contributed by atoms with Gasteiger partial charge in [0.2, 0.25) is 0 Å². The van der Waals surface area contributed by atoms with Crippen LogP contribution in [0.3, 0.4) is 0 Å². The lowest BCUT2D eigenvalue weighted by molar-refractivity contribution is -0.387. The Labute approximate surface area is 201 Å². The van der Waals surface area contributed by atoms with Gasteiger partial charge in [0.25, 0.3) is 21.6 Å². The average Bonchev–Trinajstić information content (AvgIpc) is 2.87. The second kappa shape index (κ2) is 11.1. The number of sulfonamides is 1. The molecule has 0 aliphatic carbocycles. The van der Waals surface area contributed by atoms with Gasteiger partial charge in [-0.2, -0.15) is 5.10 Å². The maximum atomic E-state index is 13.4. The molecular weight excluding hydrogens is 476 g/mol. The molecule has 0 unspecified atom stereocenters. The Morgan fingerprint density at radius 1 is 1.03 bits per heavy atom. The minimum Gasteiger partial charge on any atom is -0.493 e. The second-order valence-corrected chi connectivity index (χ2v) is 8.78. The number of hydrazone groups is 1. The topological polar surface area (TPSA) is 140 Å². The number of nitrogens with one attached hydrogen (secondary N) is 1. The predicted octanol–water partition coefficient (Wildman–Crippen LogP) is 2.96. The van der Waals surface area contributed by atoms with Crippen molar-refractivity contribution in [2.45, 2.75) is 4.90 Å². The molecular formula is C23H22N4O7S. The van der Waals surface area contributed by atoms with Gasteiger partial charge in [-0.1, -0.05) is 36.4 Å². The zero-order valence-corrected chi connectivity index (χ0v) is 19.6. The summed E-state index contributed by atoms with van der Waals surface area (Å²) in [6, 6.07) is 17.8. The largest absolute Gasteiger partial charge is 0.493 e. The molecule has 0 heterocycles. The van der Waals surface area contributed by atoms with Crippen LogP contribution in [0.4, 0.5) is 11.4 Å². The molecule has 35 heavy (non-hydrogen) atoms. The van der Waals surface area contributed by atoms with Crippen molar-refractivity contribution in [2.24, 2.45) is 5.10 Å². The number of anilines is 1. The first-order chi connectivity index (χ1) is 16.8. The quantitative estimate of drug-likeness (QED) is 0.257. The summed E-state index contributed by atoms with van der Waals surface area (Å²) in [5.41, 5.74) is 2.34. The van der Waals surface area contributed by atoms with Crippen molar-refractivity contribution in [1.29, 1.82) is 0 Å². The number of hydrogen-bond donors (Lipinski definition) is 1. The van der Waals surface area contributed by atoms with Crippen LogP contribution in [0.5, 0.6) is 11.5 Å². The van der Waals surface area contributed by atoms with E-state index in [4.69, 9.17) is 9.47 Å². The number of para-hydroxylation sites is 3. The Bertz CT molecular complexity index is 1340. The normalized spacial score (nSPS) is 11.1. The fraction of sp³-hybridized carbons (Fsp3) is 0.130. The Balaban J connectivity index is 1.89. The van der Waals surface area contributed by atoms with Crippen molar-refractivity contribution >= 4 is 33.5 Å². The molecule has 0 aromatic heterocycles. The number of carbonyl (C=O) groups is 1. The summed E-state index contributed by atoms with van der Waals surface area (Å²) < 4.78 is 38.1. The summed E-state index contributed by atoms with van der Waals surface area (Å²) in [6.45, 7) is -0.676. The molecule has 1 amide bonds. The van der Waals surface area contributed by atoms with E-state index in [0.29, 0.717) is 17.1 Å². The van der Waals surface area contributed by atoms with Gasteiger partial charge in [0, 0.05) is 11.6 Å². The van der Waals surface area contributed by atoms with Crippen molar-refractivity contribution in [3.63, 3.8) is 0 Å². The summed E-state index contributed by atoms with van der Waals surface area (Å²) >= 11 is 0. The number of rotatable bonds is 10. The number of nitrogens with zero attached hydrogens (tertiary/aromatic N) is 3. The molecule has 3 rings (SSSR count). The number of amides is 1. The molecule has 3 aromatic carbocycles. The van der Waals surface area contributed by atoms with Gasteiger partial charge in [-0.25, -0.2) is 13.8 Å². The van der Waals surface area contributed by atoms with E-state index in [1.54, 1.807) is 36.4 Å². The van der Waals surface area contributed by atoms with Gasteiger partial charge < -0.3 is 9.47 Å². The molecule has 12 heteroatoms. The molecule has 0 aliphatic rings. The first-order valence-electron chi connectivity index (χ1n) is 10.1. The third-order valence-electron chi connectivity index (χ3n) is 4.79. The summed E-state index contributed by atoms with van der Waals surface area (Å²) in [6.07, 6.45) is 1.32. The fourth-order valence-electron chi connectivity index (χ4n) is 3.21. The van der Waals surface area contributed by atoms with Crippen LogP contribution in [0, 0.1) is 10.1 Å². The lowest BCUT2D eigenvalue weighted by Gasteiger charge is -2.23. The number of nitro benzene ring substituents is 1. The Morgan fingerprint density at radius 2 is 1.71 bits per heavy atom. The van der Waals surface area contributed by atoms with Crippen LogP contribution >= 0.6 is 0 Å². The van der Waals surface area contributed by atoms with Gasteiger partial charge in [-0.05, 0) is 30.3 Å². The molecule has 11 nitrogen and oxygen atoms in total. The highest BCUT2D eigenvalue weighted by atomic mass is 32.2. The Kier molecular flexibility index (Phi) is 8.00. The molecule has 1 N–H and O–H groups in total. The van der Waals surface area contributed by atoms with E-state index in [1.165, 1.54) is 44.7 Å². The highest BCUT2D eigenvalue weighted by molar-refractivity contribution is 7.93. The van der Waals surface area contributed by atoms with Gasteiger partial charge >= 0.3 is 0 Å². The van der Waals surface area contributed by atoms with E-state index < -0.39 is 38.0 Å². The molecule has 0 bridgehead atoms. The number of hydrogen-bond acceptors (Lipinski definition) is 8. The van der Waals surface area contributed by atoms with Crippen LogP contribution in [-0.2, 0) is 14.8 Å². The van der Waals surface area contributed by atoms with E-state index in [2.05, 4.69) is 10.5 Å². The molecule has 0 atom stereocenters.